The van der Waals surface area contributed by atoms with E-state index in [1.54, 1.807) is 6.92 Å². The predicted molar refractivity (Wildman–Crippen MR) is 79.8 cm³/mol. The predicted octanol–water partition coefficient (Wildman–Crippen LogP) is 3.15. The van der Waals surface area contributed by atoms with Gasteiger partial charge in [0.2, 0.25) is 0 Å². The van der Waals surface area contributed by atoms with Gasteiger partial charge in [0.15, 0.2) is 0 Å². The van der Waals surface area contributed by atoms with Crippen LogP contribution in [-0.4, -0.2) is 13.3 Å². The van der Waals surface area contributed by atoms with E-state index in [9.17, 15) is 22.9 Å². The van der Waals surface area contributed by atoms with Crippen molar-refractivity contribution >= 4 is 21.4 Å². The Bertz CT molecular complexity index is 850. The molecule has 0 aliphatic carbocycles. The van der Waals surface area contributed by atoms with Gasteiger partial charge >= 0.3 is 0 Å². The number of aryl methyl sites for hydroxylation is 2. The lowest BCUT2D eigenvalue weighted by Crippen LogP contribution is -2.15. The summed E-state index contributed by atoms with van der Waals surface area (Å²) < 4.78 is 40.5. The molecule has 0 aromatic heterocycles. The molecule has 22 heavy (non-hydrogen) atoms. The van der Waals surface area contributed by atoms with Crippen LogP contribution in [0.25, 0.3) is 0 Å². The Morgan fingerprint density at radius 1 is 1.14 bits per heavy atom. The molecular weight excluding hydrogens is 311 g/mol. The number of non-ortho nitro benzene ring substituents is 1. The molecule has 0 spiro atoms. The quantitative estimate of drug-likeness (QED) is 0.691. The normalized spacial score (nSPS) is 11.2. The van der Waals surface area contributed by atoms with Crippen LogP contribution in [0.2, 0.25) is 0 Å². The fourth-order valence-corrected chi connectivity index (χ4v) is 3.23. The molecule has 6 nitrogen and oxygen atoms in total. The minimum Gasteiger partial charge on any atom is -0.277 e. The number of nitrogens with one attached hydrogen (secondary N) is 1. The SMILES string of the molecule is Cc1ccc(F)c(NS(=O)(=O)c2cc([N+](=O)[O-])ccc2C)c1. The van der Waals surface area contributed by atoms with E-state index in [0.717, 1.165) is 12.1 Å². The lowest BCUT2D eigenvalue weighted by atomic mass is 10.2. The van der Waals surface area contributed by atoms with E-state index >= 15 is 0 Å². The van der Waals surface area contributed by atoms with E-state index in [1.807, 2.05) is 0 Å². The van der Waals surface area contributed by atoms with Crippen molar-refractivity contribution in [3.63, 3.8) is 0 Å². The van der Waals surface area contributed by atoms with E-state index in [1.165, 1.54) is 31.2 Å². The minimum atomic E-state index is -4.13. The van der Waals surface area contributed by atoms with Crippen LogP contribution >= 0.6 is 0 Å². The van der Waals surface area contributed by atoms with Gasteiger partial charge in [-0.1, -0.05) is 12.1 Å². The molecule has 0 unspecified atom stereocenters. The molecule has 0 heterocycles. The van der Waals surface area contributed by atoms with Crippen molar-refractivity contribution in [3.05, 3.63) is 63.5 Å². The van der Waals surface area contributed by atoms with Gasteiger partial charge in [-0.3, -0.25) is 14.8 Å². The Balaban J connectivity index is 2.49. The molecule has 8 heteroatoms. The fourth-order valence-electron chi connectivity index (χ4n) is 1.91. The second-order valence-corrected chi connectivity index (χ2v) is 6.45. The molecule has 0 saturated carbocycles. The van der Waals surface area contributed by atoms with Crippen LogP contribution in [-0.2, 0) is 10.0 Å². The maximum Gasteiger partial charge on any atom is 0.270 e. The Kier molecular flexibility index (Phi) is 4.14. The van der Waals surface area contributed by atoms with Crippen LogP contribution in [0, 0.1) is 29.8 Å². The van der Waals surface area contributed by atoms with Crippen molar-refractivity contribution in [2.45, 2.75) is 18.7 Å². The second kappa shape index (κ2) is 5.72. The first-order valence-electron chi connectivity index (χ1n) is 6.25. The average molecular weight is 324 g/mol. The molecule has 2 aromatic carbocycles. The highest BCUT2D eigenvalue weighted by Gasteiger charge is 2.21. The standard InChI is InChI=1S/C14H13FN2O4S/c1-9-3-6-12(15)13(7-9)16-22(20,21)14-8-11(17(18)19)5-4-10(14)2/h3-8,16H,1-2H3. The van der Waals surface area contributed by atoms with Crippen molar-refractivity contribution in [1.82, 2.24) is 0 Å². The van der Waals surface area contributed by atoms with Gasteiger partial charge in [0.05, 0.1) is 15.5 Å². The third-order valence-electron chi connectivity index (χ3n) is 3.04. The second-order valence-electron chi connectivity index (χ2n) is 4.80. The molecule has 0 bridgehead atoms. The molecule has 1 N–H and O–H groups in total. The molecule has 2 aromatic rings. The van der Waals surface area contributed by atoms with E-state index < -0.39 is 20.8 Å². The number of nitro groups is 1. The summed E-state index contributed by atoms with van der Waals surface area (Å²) in [6.07, 6.45) is 0. The zero-order valence-electron chi connectivity index (χ0n) is 11.8. The van der Waals surface area contributed by atoms with Gasteiger partial charge in [-0.25, -0.2) is 12.8 Å². The van der Waals surface area contributed by atoms with Gasteiger partial charge in [0.25, 0.3) is 15.7 Å². The first kappa shape index (κ1) is 15.9. The highest BCUT2D eigenvalue weighted by molar-refractivity contribution is 7.92. The van der Waals surface area contributed by atoms with Gasteiger partial charge in [-0.2, -0.15) is 0 Å². The molecule has 0 aliphatic heterocycles. The van der Waals surface area contributed by atoms with Gasteiger partial charge in [0, 0.05) is 12.1 Å². The maximum atomic E-state index is 13.7. The van der Waals surface area contributed by atoms with E-state index in [2.05, 4.69) is 4.72 Å². The van der Waals surface area contributed by atoms with E-state index in [-0.39, 0.29) is 16.3 Å². The Morgan fingerprint density at radius 2 is 1.82 bits per heavy atom. The molecule has 2 rings (SSSR count). The summed E-state index contributed by atoms with van der Waals surface area (Å²) in [6.45, 7) is 3.20. The van der Waals surface area contributed by atoms with Crippen molar-refractivity contribution in [2.75, 3.05) is 4.72 Å². The lowest BCUT2D eigenvalue weighted by Gasteiger charge is -2.11. The maximum absolute atomic E-state index is 13.7. The molecular formula is C14H13FN2O4S. The molecule has 0 amide bonds. The summed E-state index contributed by atoms with van der Waals surface area (Å²) in [6, 6.07) is 7.49. The molecule has 0 atom stereocenters. The monoisotopic (exact) mass is 324 g/mol. The topological polar surface area (TPSA) is 89.3 Å². The number of hydrogen-bond donors (Lipinski definition) is 1. The van der Waals surface area contributed by atoms with E-state index in [0.29, 0.717) is 11.1 Å². The third kappa shape index (κ3) is 3.22. The van der Waals surface area contributed by atoms with Crippen LogP contribution in [0.1, 0.15) is 11.1 Å². The number of halogens is 1. The van der Waals surface area contributed by atoms with Crippen molar-refractivity contribution in [2.24, 2.45) is 0 Å². The van der Waals surface area contributed by atoms with Gasteiger partial charge in [-0.15, -0.1) is 0 Å². The van der Waals surface area contributed by atoms with Crippen LogP contribution in [0.15, 0.2) is 41.3 Å². The average Bonchev–Trinajstić information content (AvgIpc) is 2.42. The summed E-state index contributed by atoms with van der Waals surface area (Å²) in [5.41, 5.74) is 0.447. The van der Waals surface area contributed by atoms with Crippen LogP contribution in [0.5, 0.6) is 0 Å². The first-order valence-corrected chi connectivity index (χ1v) is 7.73. The Hall–Kier alpha value is -2.48. The summed E-state index contributed by atoms with van der Waals surface area (Å²) >= 11 is 0. The summed E-state index contributed by atoms with van der Waals surface area (Å²) in [5, 5.41) is 10.8. The first-order chi connectivity index (χ1) is 10.2. The van der Waals surface area contributed by atoms with Gasteiger partial charge < -0.3 is 0 Å². The smallest absolute Gasteiger partial charge is 0.270 e. The summed E-state index contributed by atoms with van der Waals surface area (Å²) in [7, 11) is -4.13. The summed E-state index contributed by atoms with van der Waals surface area (Å²) in [5.74, 6) is -0.725. The molecule has 0 fully saturated rings. The number of sulfonamides is 1. The lowest BCUT2D eigenvalue weighted by molar-refractivity contribution is -0.385. The zero-order chi connectivity index (χ0) is 16.5. The number of rotatable bonds is 4. The number of nitrogens with zero attached hydrogens (tertiary/aromatic N) is 1. The Morgan fingerprint density at radius 3 is 2.45 bits per heavy atom. The van der Waals surface area contributed by atoms with Crippen LogP contribution < -0.4 is 4.72 Å². The fraction of sp³-hybridized carbons (Fsp3) is 0.143. The van der Waals surface area contributed by atoms with Crippen LogP contribution in [0.4, 0.5) is 15.8 Å². The third-order valence-corrected chi connectivity index (χ3v) is 4.55. The van der Waals surface area contributed by atoms with Crippen molar-refractivity contribution in [3.8, 4) is 0 Å². The number of nitro benzene ring substituents is 1. The zero-order valence-corrected chi connectivity index (χ0v) is 12.6. The number of benzene rings is 2. The summed E-state index contributed by atoms with van der Waals surface area (Å²) in [4.78, 5) is 9.83. The highest BCUT2D eigenvalue weighted by Crippen LogP contribution is 2.25. The van der Waals surface area contributed by atoms with Gasteiger partial charge in [-0.05, 0) is 37.1 Å². The number of anilines is 1. The number of hydrogen-bond acceptors (Lipinski definition) is 4. The Labute approximate surface area is 126 Å². The van der Waals surface area contributed by atoms with Crippen LogP contribution in [0.3, 0.4) is 0 Å². The molecule has 0 aliphatic rings. The van der Waals surface area contributed by atoms with Crippen molar-refractivity contribution < 1.29 is 17.7 Å². The van der Waals surface area contributed by atoms with E-state index in [4.69, 9.17) is 0 Å². The molecule has 0 radical (unpaired) electrons. The highest BCUT2D eigenvalue weighted by atomic mass is 32.2. The molecule has 116 valence electrons. The minimum absolute atomic E-state index is 0.203. The molecule has 0 saturated heterocycles. The van der Waals surface area contributed by atoms with Gasteiger partial charge in [0.1, 0.15) is 5.82 Å². The largest absolute Gasteiger partial charge is 0.277 e. The van der Waals surface area contributed by atoms with Crippen molar-refractivity contribution in [1.29, 1.82) is 0 Å².